The molecule has 2 aromatic heterocycles. The molecular formula is C20H21N5O4S. The molecule has 1 aromatic carbocycles. The van der Waals surface area contributed by atoms with Gasteiger partial charge in [0.15, 0.2) is 5.69 Å². The number of carbonyl (C=O) groups is 1. The highest BCUT2D eigenvalue weighted by molar-refractivity contribution is 7.09. The van der Waals surface area contributed by atoms with Crippen LogP contribution in [-0.4, -0.2) is 32.1 Å². The standard InChI is InChI=1S/C20H21N5O4S/c1-13-12-30-18(22-13)9-5-6-10-21-20(27)19-17(26)11-14(2)24(23-19)15-7-3-4-8-16(15)25(28)29/h3-4,7-8,11-12H,5-6,9-10H2,1-2H3,(H,21,27). The Balaban J connectivity index is 1.70. The number of para-hydroxylation sites is 2. The first kappa shape index (κ1) is 21.3. The Bertz CT molecular complexity index is 1140. The van der Waals surface area contributed by atoms with Crippen molar-refractivity contribution in [2.45, 2.75) is 33.1 Å². The lowest BCUT2D eigenvalue weighted by Crippen LogP contribution is -2.32. The first-order valence-electron chi connectivity index (χ1n) is 9.41. The summed E-state index contributed by atoms with van der Waals surface area (Å²) in [5.41, 5.74) is 0.592. The Labute approximate surface area is 176 Å². The maximum atomic E-state index is 12.5. The van der Waals surface area contributed by atoms with Crippen LogP contribution in [0.2, 0.25) is 0 Å². The quantitative estimate of drug-likeness (QED) is 0.335. The van der Waals surface area contributed by atoms with Crippen LogP contribution in [0.4, 0.5) is 5.69 Å². The lowest BCUT2D eigenvalue weighted by Gasteiger charge is -2.11. The zero-order valence-corrected chi connectivity index (χ0v) is 17.4. The van der Waals surface area contributed by atoms with Crippen LogP contribution in [0, 0.1) is 24.0 Å². The monoisotopic (exact) mass is 427 g/mol. The van der Waals surface area contributed by atoms with E-state index in [9.17, 15) is 19.7 Å². The Morgan fingerprint density at radius 1 is 1.27 bits per heavy atom. The van der Waals surface area contributed by atoms with E-state index in [1.807, 2.05) is 12.3 Å². The highest BCUT2D eigenvalue weighted by Crippen LogP contribution is 2.22. The van der Waals surface area contributed by atoms with Crippen molar-refractivity contribution in [1.82, 2.24) is 20.1 Å². The molecule has 3 aromatic rings. The number of nitrogens with one attached hydrogen (secondary N) is 1. The third kappa shape index (κ3) is 4.95. The van der Waals surface area contributed by atoms with Crippen molar-refractivity contribution in [1.29, 1.82) is 0 Å². The molecule has 9 nitrogen and oxygen atoms in total. The lowest BCUT2D eigenvalue weighted by molar-refractivity contribution is -0.384. The number of nitrogens with zero attached hydrogens (tertiary/aromatic N) is 4. The van der Waals surface area contributed by atoms with Crippen molar-refractivity contribution in [2.24, 2.45) is 0 Å². The second-order valence-corrected chi connectivity index (χ2v) is 7.69. The summed E-state index contributed by atoms with van der Waals surface area (Å²) in [5, 5.41) is 21.2. The molecule has 0 saturated carbocycles. The molecule has 2 heterocycles. The average Bonchev–Trinajstić information content (AvgIpc) is 3.12. The topological polar surface area (TPSA) is 120 Å². The lowest BCUT2D eigenvalue weighted by atomic mass is 10.2. The molecule has 1 N–H and O–H groups in total. The van der Waals surface area contributed by atoms with Crippen molar-refractivity contribution in [3.63, 3.8) is 0 Å². The van der Waals surface area contributed by atoms with Gasteiger partial charge in [-0.15, -0.1) is 11.3 Å². The summed E-state index contributed by atoms with van der Waals surface area (Å²) in [4.78, 5) is 40.0. The van der Waals surface area contributed by atoms with Crippen LogP contribution in [0.3, 0.4) is 0 Å². The van der Waals surface area contributed by atoms with Crippen molar-refractivity contribution >= 4 is 22.9 Å². The number of unbranched alkanes of at least 4 members (excludes halogenated alkanes) is 1. The second-order valence-electron chi connectivity index (χ2n) is 6.75. The number of aryl methyl sites for hydroxylation is 3. The molecule has 0 fully saturated rings. The number of rotatable bonds is 8. The van der Waals surface area contributed by atoms with Crippen molar-refractivity contribution in [2.75, 3.05) is 6.54 Å². The summed E-state index contributed by atoms with van der Waals surface area (Å²) < 4.78 is 1.25. The van der Waals surface area contributed by atoms with Crippen LogP contribution in [0.5, 0.6) is 0 Å². The van der Waals surface area contributed by atoms with Gasteiger partial charge in [-0.1, -0.05) is 12.1 Å². The third-order valence-electron chi connectivity index (χ3n) is 4.40. The number of amides is 1. The van der Waals surface area contributed by atoms with Gasteiger partial charge in [0.1, 0.15) is 5.69 Å². The van der Waals surface area contributed by atoms with Gasteiger partial charge in [0.2, 0.25) is 5.43 Å². The number of aromatic nitrogens is 3. The van der Waals surface area contributed by atoms with Gasteiger partial charge in [0, 0.05) is 35.4 Å². The number of nitro benzene ring substituents is 1. The Morgan fingerprint density at radius 2 is 2.03 bits per heavy atom. The van der Waals surface area contributed by atoms with Crippen LogP contribution in [0.25, 0.3) is 5.69 Å². The van der Waals surface area contributed by atoms with E-state index in [2.05, 4.69) is 15.4 Å². The van der Waals surface area contributed by atoms with E-state index in [0.717, 1.165) is 30.0 Å². The van der Waals surface area contributed by atoms with Crippen LogP contribution in [-0.2, 0) is 6.42 Å². The Hall–Kier alpha value is -3.40. The summed E-state index contributed by atoms with van der Waals surface area (Å²) in [5.74, 6) is -0.600. The second kappa shape index (κ2) is 9.40. The summed E-state index contributed by atoms with van der Waals surface area (Å²) in [7, 11) is 0. The summed E-state index contributed by atoms with van der Waals surface area (Å²) in [6.07, 6.45) is 2.42. The van der Waals surface area contributed by atoms with Crippen LogP contribution in [0.15, 0.2) is 40.5 Å². The molecule has 10 heteroatoms. The van der Waals surface area contributed by atoms with E-state index < -0.39 is 16.3 Å². The number of benzene rings is 1. The predicted octanol–water partition coefficient (Wildman–Crippen LogP) is 2.97. The molecule has 1 amide bonds. The molecule has 0 aliphatic heterocycles. The SMILES string of the molecule is Cc1csc(CCCCNC(=O)c2nn(-c3ccccc3[N+](=O)[O-])c(C)cc2=O)n1. The minimum absolute atomic E-state index is 0.166. The molecule has 0 aliphatic carbocycles. The molecule has 0 spiro atoms. The van der Waals surface area contributed by atoms with Gasteiger partial charge in [-0.05, 0) is 39.2 Å². The van der Waals surface area contributed by atoms with Gasteiger partial charge in [-0.25, -0.2) is 9.67 Å². The average molecular weight is 427 g/mol. The molecule has 0 radical (unpaired) electrons. The van der Waals surface area contributed by atoms with Crippen molar-refractivity contribution < 1.29 is 9.72 Å². The molecule has 0 atom stereocenters. The number of hydrogen-bond acceptors (Lipinski definition) is 7. The van der Waals surface area contributed by atoms with E-state index in [1.165, 1.54) is 22.9 Å². The summed E-state index contributed by atoms with van der Waals surface area (Å²) in [6.45, 7) is 3.95. The zero-order chi connectivity index (χ0) is 21.7. The fourth-order valence-electron chi connectivity index (χ4n) is 2.95. The molecule has 0 bridgehead atoms. The largest absolute Gasteiger partial charge is 0.351 e. The number of nitro groups is 1. The molecule has 30 heavy (non-hydrogen) atoms. The van der Waals surface area contributed by atoms with E-state index in [4.69, 9.17) is 0 Å². The van der Waals surface area contributed by atoms with Crippen LogP contribution < -0.4 is 10.7 Å². The first-order chi connectivity index (χ1) is 14.4. The van der Waals surface area contributed by atoms with Gasteiger partial charge < -0.3 is 5.32 Å². The highest BCUT2D eigenvalue weighted by Gasteiger charge is 2.19. The van der Waals surface area contributed by atoms with Crippen LogP contribution in [0.1, 0.15) is 39.7 Å². The highest BCUT2D eigenvalue weighted by atomic mass is 32.1. The predicted molar refractivity (Wildman–Crippen MR) is 113 cm³/mol. The molecular weight excluding hydrogens is 406 g/mol. The minimum atomic E-state index is -0.600. The smallest absolute Gasteiger partial charge is 0.294 e. The molecule has 3 rings (SSSR count). The number of carbonyl (C=O) groups excluding carboxylic acids is 1. The molecule has 156 valence electrons. The van der Waals surface area contributed by atoms with E-state index >= 15 is 0 Å². The van der Waals surface area contributed by atoms with E-state index in [1.54, 1.807) is 30.4 Å². The fourth-order valence-corrected chi connectivity index (χ4v) is 3.77. The number of hydrogen-bond donors (Lipinski definition) is 1. The molecule has 0 saturated heterocycles. The zero-order valence-electron chi connectivity index (χ0n) is 16.6. The van der Waals surface area contributed by atoms with Crippen molar-refractivity contribution in [3.05, 3.63) is 78.1 Å². The van der Waals surface area contributed by atoms with E-state index in [-0.39, 0.29) is 17.1 Å². The maximum absolute atomic E-state index is 12.5. The van der Waals surface area contributed by atoms with E-state index in [0.29, 0.717) is 12.2 Å². The molecule has 0 aliphatic rings. The summed E-state index contributed by atoms with van der Waals surface area (Å²) in [6, 6.07) is 7.29. The molecule has 0 unspecified atom stereocenters. The van der Waals surface area contributed by atoms with Crippen LogP contribution >= 0.6 is 11.3 Å². The Kier molecular flexibility index (Phi) is 6.68. The van der Waals surface area contributed by atoms with Gasteiger partial charge in [0.25, 0.3) is 11.6 Å². The maximum Gasteiger partial charge on any atom is 0.294 e. The Morgan fingerprint density at radius 3 is 2.73 bits per heavy atom. The number of thiazole rings is 1. The van der Waals surface area contributed by atoms with Gasteiger partial charge in [-0.2, -0.15) is 5.10 Å². The van der Waals surface area contributed by atoms with Gasteiger partial charge in [-0.3, -0.25) is 19.7 Å². The van der Waals surface area contributed by atoms with Gasteiger partial charge in [0.05, 0.1) is 9.93 Å². The first-order valence-corrected chi connectivity index (χ1v) is 10.3. The summed E-state index contributed by atoms with van der Waals surface area (Å²) >= 11 is 1.62. The normalized spacial score (nSPS) is 10.7. The van der Waals surface area contributed by atoms with Crippen molar-refractivity contribution in [3.8, 4) is 5.69 Å². The minimum Gasteiger partial charge on any atom is -0.351 e. The van der Waals surface area contributed by atoms with Gasteiger partial charge >= 0.3 is 0 Å². The fraction of sp³-hybridized carbons (Fsp3) is 0.300. The third-order valence-corrected chi connectivity index (χ3v) is 5.43.